The molecule has 0 unspecified atom stereocenters. The first kappa shape index (κ1) is 15.9. The van der Waals surface area contributed by atoms with E-state index in [0.717, 1.165) is 10.6 Å². The summed E-state index contributed by atoms with van der Waals surface area (Å²) in [6.07, 6.45) is 3.38. The molecule has 2 rings (SSSR count). The Hall–Kier alpha value is -1.53. The van der Waals surface area contributed by atoms with Crippen LogP contribution in [0.15, 0.2) is 35.7 Å². The van der Waals surface area contributed by atoms with Gasteiger partial charge < -0.3 is 5.32 Å². The summed E-state index contributed by atoms with van der Waals surface area (Å²) in [5, 5.41) is 7.91. The van der Waals surface area contributed by atoms with Crippen LogP contribution < -0.4 is 5.32 Å². The molecule has 0 bridgehead atoms. The molecule has 0 aliphatic heterocycles. The first-order chi connectivity index (χ1) is 10.0. The number of amides is 1. The van der Waals surface area contributed by atoms with Crippen molar-refractivity contribution in [2.45, 2.75) is 37.0 Å². The van der Waals surface area contributed by atoms with Gasteiger partial charge in [-0.15, -0.1) is 11.8 Å². The predicted molar refractivity (Wildman–Crippen MR) is 85.7 cm³/mol. The number of rotatable bonds is 6. The van der Waals surface area contributed by atoms with Crippen molar-refractivity contribution in [3.63, 3.8) is 0 Å². The van der Waals surface area contributed by atoms with Crippen molar-refractivity contribution in [3.05, 3.63) is 35.9 Å². The van der Waals surface area contributed by atoms with Gasteiger partial charge in [-0.1, -0.05) is 25.4 Å². The summed E-state index contributed by atoms with van der Waals surface area (Å²) in [4.78, 5) is 16.9. The van der Waals surface area contributed by atoms with E-state index in [9.17, 15) is 4.79 Å². The molecule has 2 aromatic rings. The second-order valence-corrected chi connectivity index (χ2v) is 6.82. The third-order valence-corrected chi connectivity index (χ3v) is 3.93. The van der Waals surface area contributed by atoms with E-state index < -0.39 is 0 Å². The summed E-state index contributed by atoms with van der Waals surface area (Å²) in [6.45, 7) is 4.71. The molecule has 0 saturated carbocycles. The van der Waals surface area contributed by atoms with Gasteiger partial charge in [-0.25, -0.2) is 4.98 Å². The molecular weight excluding hydrogens is 308 g/mol. The molecule has 0 radical (unpaired) electrons. The van der Waals surface area contributed by atoms with Crippen molar-refractivity contribution in [1.29, 1.82) is 0 Å². The molecule has 1 heterocycles. The van der Waals surface area contributed by atoms with Crippen LogP contribution in [0.2, 0.25) is 5.02 Å². The molecule has 5 nitrogen and oxygen atoms in total. The van der Waals surface area contributed by atoms with Gasteiger partial charge in [0.15, 0.2) is 0 Å². The molecule has 0 fully saturated rings. The van der Waals surface area contributed by atoms with Crippen LogP contribution in [-0.2, 0) is 11.3 Å². The molecule has 1 N–H and O–H groups in total. The highest BCUT2D eigenvalue weighted by atomic mass is 35.5. The van der Waals surface area contributed by atoms with Crippen molar-refractivity contribution in [1.82, 2.24) is 14.8 Å². The maximum atomic E-state index is 12.0. The van der Waals surface area contributed by atoms with E-state index in [1.54, 1.807) is 28.8 Å². The third-order valence-electron chi connectivity index (χ3n) is 2.61. The molecule has 0 saturated heterocycles. The smallest absolute Gasteiger partial charge is 0.226 e. The fraction of sp³-hybridized carbons (Fsp3) is 0.357. The molecule has 0 aliphatic rings. The Balaban J connectivity index is 2.00. The minimum absolute atomic E-state index is 0.0710. The molecule has 1 aromatic carbocycles. The molecule has 1 amide bonds. The van der Waals surface area contributed by atoms with Gasteiger partial charge in [0.1, 0.15) is 12.7 Å². The summed E-state index contributed by atoms with van der Waals surface area (Å²) in [5.41, 5.74) is 0.754. The second kappa shape index (κ2) is 7.47. The number of anilines is 1. The molecular formula is C14H17ClN4OS. The molecule has 7 heteroatoms. The lowest BCUT2D eigenvalue weighted by Crippen LogP contribution is -2.15. The number of halogens is 1. The zero-order valence-corrected chi connectivity index (χ0v) is 13.5. The number of benzene rings is 1. The van der Waals surface area contributed by atoms with E-state index in [1.165, 1.54) is 6.33 Å². The summed E-state index contributed by atoms with van der Waals surface area (Å²) in [7, 11) is 0. The van der Waals surface area contributed by atoms with E-state index in [0.29, 0.717) is 23.2 Å². The van der Waals surface area contributed by atoms with Crippen LogP contribution in [0, 0.1) is 0 Å². The van der Waals surface area contributed by atoms with E-state index >= 15 is 0 Å². The van der Waals surface area contributed by atoms with Gasteiger partial charge in [-0.05, 0) is 18.2 Å². The number of carbonyl (C=O) groups excluding carboxylic acids is 1. The average Bonchev–Trinajstić information content (AvgIpc) is 2.92. The highest BCUT2D eigenvalue weighted by Gasteiger charge is 2.10. The Bertz CT molecular complexity index is 601. The number of hydrogen-bond donors (Lipinski definition) is 1. The summed E-state index contributed by atoms with van der Waals surface area (Å²) in [5.74, 6) is -0.0710. The predicted octanol–water partition coefficient (Wildman–Crippen LogP) is 3.46. The molecule has 21 heavy (non-hydrogen) atoms. The van der Waals surface area contributed by atoms with Crippen LogP contribution in [0.5, 0.6) is 0 Å². The van der Waals surface area contributed by atoms with Gasteiger partial charge >= 0.3 is 0 Å². The molecule has 112 valence electrons. The quantitative estimate of drug-likeness (QED) is 0.827. The summed E-state index contributed by atoms with van der Waals surface area (Å²) in [6, 6.07) is 5.54. The maximum Gasteiger partial charge on any atom is 0.226 e. The topological polar surface area (TPSA) is 59.8 Å². The molecule has 0 aliphatic carbocycles. The first-order valence-electron chi connectivity index (χ1n) is 6.63. The maximum absolute atomic E-state index is 12.0. The number of aryl methyl sites for hydroxylation is 1. The Morgan fingerprint density at radius 1 is 1.48 bits per heavy atom. The van der Waals surface area contributed by atoms with Crippen molar-refractivity contribution in [3.8, 4) is 0 Å². The zero-order chi connectivity index (χ0) is 15.2. The second-order valence-electron chi connectivity index (χ2n) is 4.76. The minimum Gasteiger partial charge on any atom is -0.325 e. The van der Waals surface area contributed by atoms with Gasteiger partial charge in [-0.3, -0.25) is 9.48 Å². The summed E-state index contributed by atoms with van der Waals surface area (Å²) < 4.78 is 1.63. The van der Waals surface area contributed by atoms with Gasteiger partial charge in [0.05, 0.1) is 12.2 Å². The lowest BCUT2D eigenvalue weighted by molar-refractivity contribution is -0.116. The van der Waals surface area contributed by atoms with E-state index in [-0.39, 0.29) is 5.91 Å². The van der Waals surface area contributed by atoms with Crippen molar-refractivity contribution >= 4 is 35.0 Å². The van der Waals surface area contributed by atoms with Crippen LogP contribution in [-0.4, -0.2) is 25.9 Å². The van der Waals surface area contributed by atoms with Crippen molar-refractivity contribution in [2.24, 2.45) is 0 Å². The van der Waals surface area contributed by atoms with Gasteiger partial charge in [-0.2, -0.15) is 5.10 Å². The Kier molecular flexibility index (Phi) is 5.64. The van der Waals surface area contributed by atoms with Gasteiger partial charge in [0.25, 0.3) is 0 Å². The summed E-state index contributed by atoms with van der Waals surface area (Å²) >= 11 is 7.70. The minimum atomic E-state index is -0.0710. The standard InChI is InChI=1S/C14H17ClN4OS/c1-10(2)21-13-4-3-11(15)7-12(13)18-14(20)5-6-19-9-16-8-17-19/h3-4,7-10H,5-6H2,1-2H3,(H,18,20). The van der Waals surface area contributed by atoms with Crippen molar-refractivity contribution < 1.29 is 4.79 Å². The molecule has 1 aromatic heterocycles. The van der Waals surface area contributed by atoms with Gasteiger partial charge in [0.2, 0.25) is 5.91 Å². The van der Waals surface area contributed by atoms with Crippen molar-refractivity contribution in [2.75, 3.05) is 5.32 Å². The van der Waals surface area contributed by atoms with Crippen LogP contribution >= 0.6 is 23.4 Å². The number of carbonyl (C=O) groups is 1. The third kappa shape index (κ3) is 5.06. The largest absolute Gasteiger partial charge is 0.325 e. The first-order valence-corrected chi connectivity index (χ1v) is 7.89. The van der Waals surface area contributed by atoms with Crippen LogP contribution in [0.25, 0.3) is 0 Å². The van der Waals surface area contributed by atoms with Crippen LogP contribution in [0.4, 0.5) is 5.69 Å². The number of hydrogen-bond acceptors (Lipinski definition) is 4. The lowest BCUT2D eigenvalue weighted by atomic mass is 10.3. The zero-order valence-electron chi connectivity index (χ0n) is 11.9. The Labute approximate surface area is 133 Å². The van der Waals surface area contributed by atoms with Crippen LogP contribution in [0.1, 0.15) is 20.3 Å². The average molecular weight is 325 g/mol. The Morgan fingerprint density at radius 3 is 2.95 bits per heavy atom. The highest BCUT2D eigenvalue weighted by Crippen LogP contribution is 2.32. The fourth-order valence-corrected chi connectivity index (χ4v) is 2.80. The SMILES string of the molecule is CC(C)Sc1ccc(Cl)cc1NC(=O)CCn1cncn1. The number of aromatic nitrogens is 3. The highest BCUT2D eigenvalue weighted by molar-refractivity contribution is 8.00. The fourth-order valence-electron chi connectivity index (χ4n) is 1.73. The number of nitrogens with zero attached hydrogens (tertiary/aromatic N) is 3. The van der Waals surface area contributed by atoms with E-state index in [1.807, 2.05) is 12.1 Å². The monoisotopic (exact) mass is 324 g/mol. The normalized spacial score (nSPS) is 10.9. The van der Waals surface area contributed by atoms with Crippen LogP contribution in [0.3, 0.4) is 0 Å². The lowest BCUT2D eigenvalue weighted by Gasteiger charge is -2.13. The molecule has 0 spiro atoms. The van der Waals surface area contributed by atoms with E-state index in [4.69, 9.17) is 11.6 Å². The van der Waals surface area contributed by atoms with Gasteiger partial charge in [0, 0.05) is 21.6 Å². The van der Waals surface area contributed by atoms with E-state index in [2.05, 4.69) is 29.2 Å². The Morgan fingerprint density at radius 2 is 2.29 bits per heavy atom. The molecule has 0 atom stereocenters. The number of nitrogens with one attached hydrogen (secondary N) is 1. The number of thioether (sulfide) groups is 1.